The van der Waals surface area contributed by atoms with Gasteiger partial charge in [-0.1, -0.05) is 18.2 Å². The van der Waals surface area contributed by atoms with Crippen LogP contribution in [0.5, 0.6) is 5.75 Å². The molecule has 6 nitrogen and oxygen atoms in total. The maximum absolute atomic E-state index is 12.5. The van der Waals surface area contributed by atoms with E-state index in [-0.39, 0.29) is 17.9 Å². The summed E-state index contributed by atoms with van der Waals surface area (Å²) in [4.78, 5) is 25.7. The number of methoxy groups -OCH3 is 1. The first kappa shape index (κ1) is 19.5. The van der Waals surface area contributed by atoms with E-state index in [0.29, 0.717) is 17.8 Å². The van der Waals surface area contributed by atoms with Crippen molar-refractivity contribution in [1.29, 1.82) is 0 Å². The van der Waals surface area contributed by atoms with Crippen LogP contribution in [0.2, 0.25) is 0 Å². The van der Waals surface area contributed by atoms with Gasteiger partial charge in [0.25, 0.3) is 5.91 Å². The van der Waals surface area contributed by atoms with Gasteiger partial charge in [0.1, 0.15) is 5.75 Å². The van der Waals surface area contributed by atoms with Gasteiger partial charge in [-0.2, -0.15) is 0 Å². The monoisotopic (exact) mass is 355 g/mol. The average molecular weight is 355 g/mol. The Morgan fingerprint density at radius 1 is 1.12 bits per heavy atom. The number of ether oxygens (including phenoxy) is 1. The summed E-state index contributed by atoms with van der Waals surface area (Å²) in [5.41, 5.74) is 2.19. The highest BCUT2D eigenvalue weighted by Crippen LogP contribution is 2.21. The van der Waals surface area contributed by atoms with Crippen molar-refractivity contribution in [2.75, 3.05) is 33.1 Å². The minimum Gasteiger partial charge on any atom is -0.497 e. The van der Waals surface area contributed by atoms with Crippen molar-refractivity contribution in [3.63, 3.8) is 0 Å². The molecule has 2 amide bonds. The van der Waals surface area contributed by atoms with Crippen LogP contribution in [0.25, 0.3) is 0 Å². The molecular weight excluding hydrogens is 330 g/mol. The summed E-state index contributed by atoms with van der Waals surface area (Å²) in [5, 5.41) is 5.64. The van der Waals surface area contributed by atoms with Crippen LogP contribution in [-0.4, -0.2) is 44.5 Å². The van der Waals surface area contributed by atoms with Crippen LogP contribution < -0.4 is 15.4 Å². The summed E-state index contributed by atoms with van der Waals surface area (Å²) in [6.07, 6.45) is 0. The zero-order chi connectivity index (χ0) is 19.1. The molecule has 138 valence electrons. The number of amides is 2. The topological polar surface area (TPSA) is 70.7 Å². The normalized spacial score (nSPS) is 11.7. The van der Waals surface area contributed by atoms with E-state index in [0.717, 1.165) is 11.3 Å². The van der Waals surface area contributed by atoms with E-state index in [1.54, 1.807) is 31.4 Å². The summed E-state index contributed by atoms with van der Waals surface area (Å²) >= 11 is 0. The Morgan fingerprint density at radius 3 is 2.38 bits per heavy atom. The Kier molecular flexibility index (Phi) is 6.74. The van der Waals surface area contributed by atoms with Gasteiger partial charge >= 0.3 is 0 Å². The van der Waals surface area contributed by atoms with Crippen LogP contribution in [-0.2, 0) is 4.79 Å². The van der Waals surface area contributed by atoms with E-state index >= 15 is 0 Å². The van der Waals surface area contributed by atoms with Gasteiger partial charge in [-0.15, -0.1) is 0 Å². The van der Waals surface area contributed by atoms with Crippen LogP contribution in [0, 0.1) is 0 Å². The van der Waals surface area contributed by atoms with Crippen LogP contribution >= 0.6 is 0 Å². The van der Waals surface area contributed by atoms with Gasteiger partial charge in [0.05, 0.1) is 13.2 Å². The number of nitrogens with one attached hydrogen (secondary N) is 2. The molecule has 1 atom stereocenters. The SMILES string of the molecule is COc1ccc([C@H](CNC(=O)c2cccc(NC(C)=O)c2)N(C)C)cc1. The maximum Gasteiger partial charge on any atom is 0.251 e. The van der Waals surface area contributed by atoms with E-state index in [4.69, 9.17) is 4.74 Å². The summed E-state index contributed by atoms with van der Waals surface area (Å²) in [6.45, 7) is 1.89. The molecule has 2 rings (SSSR count). The highest BCUT2D eigenvalue weighted by Gasteiger charge is 2.16. The molecule has 0 aliphatic carbocycles. The molecule has 2 aromatic rings. The van der Waals surface area contributed by atoms with Crippen LogP contribution in [0.3, 0.4) is 0 Å². The first-order valence-corrected chi connectivity index (χ1v) is 8.37. The molecule has 0 aliphatic rings. The minimum atomic E-state index is -0.183. The third-order valence-corrected chi connectivity index (χ3v) is 4.03. The molecular formula is C20H25N3O3. The van der Waals surface area contributed by atoms with Crippen molar-refractivity contribution in [3.05, 3.63) is 59.7 Å². The molecule has 0 bridgehead atoms. The lowest BCUT2D eigenvalue weighted by atomic mass is 10.1. The van der Waals surface area contributed by atoms with E-state index in [1.165, 1.54) is 6.92 Å². The molecule has 0 saturated carbocycles. The highest BCUT2D eigenvalue weighted by molar-refractivity contribution is 5.96. The first-order valence-electron chi connectivity index (χ1n) is 8.37. The molecule has 0 radical (unpaired) electrons. The number of hydrogen-bond donors (Lipinski definition) is 2. The molecule has 6 heteroatoms. The zero-order valence-electron chi connectivity index (χ0n) is 15.6. The average Bonchev–Trinajstić information content (AvgIpc) is 2.61. The van der Waals surface area contributed by atoms with Gasteiger partial charge < -0.3 is 20.3 Å². The Morgan fingerprint density at radius 2 is 1.81 bits per heavy atom. The summed E-state index contributed by atoms with van der Waals surface area (Å²) in [5.74, 6) is 0.442. The van der Waals surface area contributed by atoms with Crippen molar-refractivity contribution in [2.45, 2.75) is 13.0 Å². The fraction of sp³-hybridized carbons (Fsp3) is 0.300. The summed E-state index contributed by atoms with van der Waals surface area (Å²) in [7, 11) is 5.57. The third kappa shape index (κ3) is 5.32. The number of rotatable bonds is 7. The van der Waals surface area contributed by atoms with E-state index in [1.807, 2.05) is 38.4 Å². The highest BCUT2D eigenvalue weighted by atomic mass is 16.5. The zero-order valence-corrected chi connectivity index (χ0v) is 15.6. The Hall–Kier alpha value is -2.86. The van der Waals surface area contributed by atoms with Gasteiger partial charge in [0, 0.05) is 24.7 Å². The lowest BCUT2D eigenvalue weighted by Crippen LogP contribution is -2.34. The summed E-state index contributed by atoms with van der Waals surface area (Å²) in [6, 6.07) is 14.7. The van der Waals surface area contributed by atoms with E-state index in [2.05, 4.69) is 15.5 Å². The third-order valence-electron chi connectivity index (χ3n) is 4.03. The quantitative estimate of drug-likeness (QED) is 0.801. The van der Waals surface area contributed by atoms with Crippen LogP contribution in [0.1, 0.15) is 28.9 Å². The van der Waals surface area contributed by atoms with Crippen LogP contribution in [0.15, 0.2) is 48.5 Å². The van der Waals surface area contributed by atoms with Crippen molar-refractivity contribution < 1.29 is 14.3 Å². The second-order valence-corrected chi connectivity index (χ2v) is 6.22. The molecule has 2 aromatic carbocycles. The van der Waals surface area contributed by atoms with Gasteiger partial charge in [-0.3, -0.25) is 9.59 Å². The molecule has 0 heterocycles. The molecule has 26 heavy (non-hydrogen) atoms. The molecule has 0 fully saturated rings. The number of likely N-dealkylation sites (N-methyl/N-ethyl adjacent to an activating group) is 1. The van der Waals surface area contributed by atoms with Crippen molar-refractivity contribution in [1.82, 2.24) is 10.2 Å². The molecule has 0 unspecified atom stereocenters. The molecule has 0 aromatic heterocycles. The molecule has 0 aliphatic heterocycles. The second-order valence-electron chi connectivity index (χ2n) is 6.22. The predicted molar refractivity (Wildman–Crippen MR) is 103 cm³/mol. The first-order chi connectivity index (χ1) is 12.4. The smallest absolute Gasteiger partial charge is 0.251 e. The van der Waals surface area contributed by atoms with Crippen LogP contribution in [0.4, 0.5) is 5.69 Å². The number of hydrogen-bond acceptors (Lipinski definition) is 4. The summed E-state index contributed by atoms with van der Waals surface area (Å²) < 4.78 is 5.19. The standard InChI is InChI=1S/C20H25N3O3/c1-14(24)22-17-7-5-6-16(12-17)20(25)21-13-19(23(2)3)15-8-10-18(26-4)11-9-15/h5-12,19H,13H2,1-4H3,(H,21,25)(H,22,24)/t19-/m0/s1. The van der Waals surface area contributed by atoms with E-state index < -0.39 is 0 Å². The van der Waals surface area contributed by atoms with Crippen molar-refractivity contribution in [3.8, 4) is 5.75 Å². The van der Waals surface area contributed by atoms with Crippen molar-refractivity contribution >= 4 is 17.5 Å². The van der Waals surface area contributed by atoms with E-state index in [9.17, 15) is 9.59 Å². The molecule has 0 spiro atoms. The maximum atomic E-state index is 12.5. The van der Waals surface area contributed by atoms with Gasteiger partial charge in [-0.05, 0) is 50.0 Å². The Bertz CT molecular complexity index is 757. The lowest BCUT2D eigenvalue weighted by Gasteiger charge is -2.25. The number of carbonyl (C=O) groups is 2. The Labute approximate surface area is 154 Å². The second kappa shape index (κ2) is 9.01. The largest absolute Gasteiger partial charge is 0.497 e. The molecule has 2 N–H and O–H groups in total. The van der Waals surface area contributed by atoms with Crippen molar-refractivity contribution in [2.24, 2.45) is 0 Å². The van der Waals surface area contributed by atoms with Gasteiger partial charge in [0.2, 0.25) is 5.91 Å². The number of anilines is 1. The fourth-order valence-corrected chi connectivity index (χ4v) is 2.66. The number of nitrogens with zero attached hydrogens (tertiary/aromatic N) is 1. The van der Waals surface area contributed by atoms with Gasteiger partial charge in [-0.25, -0.2) is 0 Å². The van der Waals surface area contributed by atoms with Gasteiger partial charge in [0.15, 0.2) is 0 Å². The number of benzene rings is 2. The minimum absolute atomic E-state index is 0.0309. The number of carbonyl (C=O) groups excluding carboxylic acids is 2. The fourth-order valence-electron chi connectivity index (χ4n) is 2.66. The lowest BCUT2D eigenvalue weighted by molar-refractivity contribution is -0.114. The predicted octanol–water partition coefficient (Wildman–Crippen LogP) is 2.69. The molecule has 0 saturated heterocycles. The Balaban J connectivity index is 2.06.